The lowest BCUT2D eigenvalue weighted by Crippen LogP contribution is -2.47. The van der Waals surface area contributed by atoms with Gasteiger partial charge in [0.2, 0.25) is 0 Å². The van der Waals surface area contributed by atoms with Crippen LogP contribution in [0.5, 0.6) is 5.75 Å². The first-order valence-electron chi connectivity index (χ1n) is 9.39. The molecule has 0 saturated heterocycles. The molecular weight excluding hydrogens is 352 g/mol. The quantitative estimate of drug-likeness (QED) is 0.730. The predicted octanol–water partition coefficient (Wildman–Crippen LogP) is 3.67. The monoisotopic (exact) mass is 382 g/mol. The highest BCUT2D eigenvalue weighted by atomic mass is 32.2. The molecule has 6 nitrogen and oxygen atoms in total. The molecule has 0 bridgehead atoms. The summed E-state index contributed by atoms with van der Waals surface area (Å²) in [5.74, 6) is 0.218. The number of hydrogen-bond donors (Lipinski definition) is 1. The fourth-order valence-electron chi connectivity index (χ4n) is 3.05. The Morgan fingerprint density at radius 3 is 2.35 bits per heavy atom. The molecule has 0 heterocycles. The second kappa shape index (κ2) is 9.26. The fourth-order valence-corrected chi connectivity index (χ4v) is 3.57. The maximum absolute atomic E-state index is 12.7. The molecule has 0 atom stereocenters. The lowest BCUT2D eigenvalue weighted by Gasteiger charge is -2.31. The maximum Gasteiger partial charge on any atom is 0.318 e. The minimum atomic E-state index is -3.53. The van der Waals surface area contributed by atoms with Gasteiger partial charge in [-0.1, -0.05) is 31.4 Å². The molecule has 0 spiro atoms. The third-order valence-electron chi connectivity index (χ3n) is 4.67. The number of nitrogens with zero attached hydrogens (tertiary/aromatic N) is 1. The largest absolute Gasteiger partial charge is 0.382 e. The van der Waals surface area contributed by atoms with Crippen molar-refractivity contribution >= 4 is 16.1 Å². The van der Waals surface area contributed by atoms with Crippen molar-refractivity contribution in [3.05, 3.63) is 29.8 Å². The van der Waals surface area contributed by atoms with Gasteiger partial charge in [0.1, 0.15) is 5.75 Å². The second-order valence-corrected chi connectivity index (χ2v) is 8.94. The van der Waals surface area contributed by atoms with Crippen LogP contribution in [0.2, 0.25) is 0 Å². The molecule has 1 saturated carbocycles. The Labute approximate surface area is 157 Å². The summed E-state index contributed by atoms with van der Waals surface area (Å²) in [7, 11) is -3.53. The van der Waals surface area contributed by atoms with E-state index in [-0.39, 0.29) is 23.9 Å². The average molecular weight is 383 g/mol. The SMILES string of the molecule is CCS(=O)(=O)Oc1ccc(CN(C(=O)NC2CCCCC2)C(C)C)cc1. The highest BCUT2D eigenvalue weighted by molar-refractivity contribution is 7.87. The van der Waals surface area contributed by atoms with E-state index in [2.05, 4.69) is 5.32 Å². The van der Waals surface area contributed by atoms with Gasteiger partial charge < -0.3 is 14.4 Å². The van der Waals surface area contributed by atoms with E-state index in [1.54, 1.807) is 29.2 Å². The number of carbonyl (C=O) groups excluding carboxylic acids is 1. The number of amides is 2. The highest BCUT2D eigenvalue weighted by Gasteiger charge is 2.22. The summed E-state index contributed by atoms with van der Waals surface area (Å²) >= 11 is 0. The molecule has 1 aliphatic rings. The van der Waals surface area contributed by atoms with Crippen molar-refractivity contribution in [3.63, 3.8) is 0 Å². The van der Waals surface area contributed by atoms with Gasteiger partial charge in [-0.25, -0.2) is 4.79 Å². The smallest absolute Gasteiger partial charge is 0.318 e. The van der Waals surface area contributed by atoms with Gasteiger partial charge in [-0.3, -0.25) is 0 Å². The van der Waals surface area contributed by atoms with Crippen LogP contribution in [0.1, 0.15) is 58.4 Å². The molecule has 1 aromatic carbocycles. The molecule has 26 heavy (non-hydrogen) atoms. The zero-order chi connectivity index (χ0) is 19.2. The van der Waals surface area contributed by atoms with Crippen LogP contribution in [0.25, 0.3) is 0 Å². The molecule has 7 heteroatoms. The predicted molar refractivity (Wildman–Crippen MR) is 103 cm³/mol. The van der Waals surface area contributed by atoms with Crippen molar-refractivity contribution in [1.29, 1.82) is 0 Å². The third-order valence-corrected chi connectivity index (χ3v) is 5.82. The molecule has 0 unspecified atom stereocenters. The van der Waals surface area contributed by atoms with Crippen molar-refractivity contribution in [2.75, 3.05) is 5.75 Å². The van der Waals surface area contributed by atoms with Gasteiger partial charge in [0, 0.05) is 18.6 Å². The molecule has 2 amide bonds. The second-order valence-electron chi connectivity index (χ2n) is 7.08. The summed E-state index contributed by atoms with van der Waals surface area (Å²) in [4.78, 5) is 14.5. The van der Waals surface area contributed by atoms with Crippen LogP contribution in [0.4, 0.5) is 4.79 Å². The number of nitrogens with one attached hydrogen (secondary N) is 1. The Bertz CT molecular complexity index is 680. The van der Waals surface area contributed by atoms with Crippen molar-refractivity contribution in [2.45, 2.75) is 71.5 Å². The summed E-state index contributed by atoms with van der Waals surface area (Å²) in [6, 6.07) is 7.14. The number of rotatable bonds is 7. The van der Waals surface area contributed by atoms with Crippen LogP contribution >= 0.6 is 0 Å². The van der Waals surface area contributed by atoms with Crippen LogP contribution in [-0.4, -0.2) is 37.2 Å². The number of urea groups is 1. The first-order valence-corrected chi connectivity index (χ1v) is 11.0. The summed E-state index contributed by atoms with van der Waals surface area (Å²) in [5, 5.41) is 3.15. The van der Waals surface area contributed by atoms with Gasteiger partial charge in [-0.05, 0) is 51.3 Å². The van der Waals surface area contributed by atoms with E-state index in [4.69, 9.17) is 4.18 Å². The summed E-state index contributed by atoms with van der Waals surface area (Å²) in [6.07, 6.45) is 5.71. The van der Waals surface area contributed by atoms with Gasteiger partial charge in [0.15, 0.2) is 0 Å². The Hall–Kier alpha value is -1.76. The lowest BCUT2D eigenvalue weighted by molar-refractivity contribution is 0.172. The van der Waals surface area contributed by atoms with E-state index < -0.39 is 10.1 Å². The molecule has 1 fully saturated rings. The minimum Gasteiger partial charge on any atom is -0.382 e. The van der Waals surface area contributed by atoms with Gasteiger partial charge >= 0.3 is 16.1 Å². The van der Waals surface area contributed by atoms with E-state index in [9.17, 15) is 13.2 Å². The summed E-state index contributed by atoms with van der Waals surface area (Å²) in [6.45, 7) is 5.99. The Kier molecular flexibility index (Phi) is 7.32. The molecule has 1 aliphatic carbocycles. The molecule has 0 aliphatic heterocycles. The topological polar surface area (TPSA) is 75.7 Å². The van der Waals surface area contributed by atoms with E-state index in [1.165, 1.54) is 26.2 Å². The van der Waals surface area contributed by atoms with Crippen LogP contribution in [0.15, 0.2) is 24.3 Å². The van der Waals surface area contributed by atoms with Gasteiger partial charge in [-0.2, -0.15) is 8.42 Å². The summed E-state index contributed by atoms with van der Waals surface area (Å²) in [5.41, 5.74) is 0.929. The molecule has 1 aromatic rings. The van der Waals surface area contributed by atoms with E-state index >= 15 is 0 Å². The highest BCUT2D eigenvalue weighted by Crippen LogP contribution is 2.19. The van der Waals surface area contributed by atoms with Crippen molar-refractivity contribution in [1.82, 2.24) is 10.2 Å². The van der Waals surface area contributed by atoms with E-state index in [1.807, 2.05) is 13.8 Å². The molecule has 146 valence electrons. The number of benzene rings is 1. The normalized spacial score (nSPS) is 15.7. The van der Waals surface area contributed by atoms with Crippen LogP contribution in [0, 0.1) is 0 Å². The third kappa shape index (κ3) is 6.20. The van der Waals surface area contributed by atoms with Gasteiger partial charge in [0.05, 0.1) is 5.75 Å². The van der Waals surface area contributed by atoms with Gasteiger partial charge in [0.25, 0.3) is 0 Å². The molecule has 2 rings (SSSR count). The molecule has 0 aromatic heterocycles. The Morgan fingerprint density at radius 2 is 1.81 bits per heavy atom. The zero-order valence-electron chi connectivity index (χ0n) is 15.9. The van der Waals surface area contributed by atoms with Crippen molar-refractivity contribution in [3.8, 4) is 5.75 Å². The first kappa shape index (κ1) is 20.6. The fraction of sp³-hybridized carbons (Fsp3) is 0.632. The van der Waals surface area contributed by atoms with E-state index in [0.717, 1.165) is 18.4 Å². The van der Waals surface area contributed by atoms with Crippen molar-refractivity contribution in [2.24, 2.45) is 0 Å². The zero-order valence-corrected chi connectivity index (χ0v) is 16.7. The van der Waals surface area contributed by atoms with Crippen LogP contribution in [-0.2, 0) is 16.7 Å². The average Bonchev–Trinajstić information content (AvgIpc) is 2.61. The molecular formula is C19H30N2O4S. The maximum atomic E-state index is 12.7. The van der Waals surface area contributed by atoms with E-state index in [0.29, 0.717) is 12.3 Å². The Balaban J connectivity index is 1.99. The lowest BCUT2D eigenvalue weighted by atomic mass is 9.96. The first-order chi connectivity index (χ1) is 12.3. The Morgan fingerprint density at radius 1 is 1.19 bits per heavy atom. The summed E-state index contributed by atoms with van der Waals surface area (Å²) < 4.78 is 28.0. The number of hydrogen-bond acceptors (Lipinski definition) is 4. The van der Waals surface area contributed by atoms with Crippen LogP contribution < -0.4 is 9.50 Å². The van der Waals surface area contributed by atoms with Crippen LogP contribution in [0.3, 0.4) is 0 Å². The standard InChI is InChI=1S/C19H30N2O4S/c1-4-26(23,24)25-18-12-10-16(11-13-18)14-21(15(2)3)19(22)20-17-8-6-5-7-9-17/h10-13,15,17H,4-9,14H2,1-3H3,(H,20,22). The van der Waals surface area contributed by atoms with Gasteiger partial charge in [-0.15, -0.1) is 0 Å². The molecule has 1 N–H and O–H groups in total. The number of carbonyl (C=O) groups is 1. The minimum absolute atomic E-state index is 0.0409. The van der Waals surface area contributed by atoms with Crippen molar-refractivity contribution < 1.29 is 17.4 Å². The molecule has 0 radical (unpaired) electrons.